The van der Waals surface area contributed by atoms with Gasteiger partial charge >= 0.3 is 12.0 Å². The molecule has 0 unspecified atom stereocenters. The first-order chi connectivity index (χ1) is 17.5. The van der Waals surface area contributed by atoms with Gasteiger partial charge in [0.25, 0.3) is 0 Å². The van der Waals surface area contributed by atoms with E-state index < -0.39 is 12.0 Å². The Labute approximate surface area is 217 Å². The molecule has 4 aromatic rings. The largest absolute Gasteiger partial charge is 0.494 e. The second kappa shape index (κ2) is 11.3. The van der Waals surface area contributed by atoms with Crippen LogP contribution in [0.1, 0.15) is 10.4 Å². The lowest BCUT2D eigenvalue weighted by Crippen LogP contribution is -2.27. The number of aromatic carboxylic acids is 1. The molecule has 0 bridgehead atoms. The molecule has 4 rings (SSSR count). The van der Waals surface area contributed by atoms with Gasteiger partial charge < -0.3 is 25.4 Å². The van der Waals surface area contributed by atoms with Crippen molar-refractivity contribution in [3.05, 3.63) is 66.2 Å². The molecule has 0 spiro atoms. The van der Waals surface area contributed by atoms with Crippen molar-refractivity contribution in [3.8, 4) is 5.75 Å². The van der Waals surface area contributed by atoms with Crippen LogP contribution >= 0.6 is 23.2 Å². The normalized spacial score (nSPS) is 10.9. The Hall–Kier alpha value is -3.75. The first-order valence-corrected chi connectivity index (χ1v) is 12.2. The number of alkyl halides is 2. The van der Waals surface area contributed by atoms with E-state index in [1.54, 1.807) is 42.5 Å². The first-order valence-electron chi connectivity index (χ1n) is 11.1. The summed E-state index contributed by atoms with van der Waals surface area (Å²) < 4.78 is 5.44. The van der Waals surface area contributed by atoms with Crippen LogP contribution in [0.25, 0.3) is 21.8 Å². The van der Waals surface area contributed by atoms with Gasteiger partial charge in [-0.25, -0.2) is 14.6 Å². The number of hydrogen-bond donors (Lipinski definition) is 3. The number of carbonyl (C=O) groups is 2. The average molecular weight is 527 g/mol. The van der Waals surface area contributed by atoms with E-state index in [1.165, 1.54) is 13.2 Å². The number of rotatable bonds is 9. The fourth-order valence-electron chi connectivity index (χ4n) is 4.04. The number of urea groups is 1. The lowest BCUT2D eigenvalue weighted by molar-refractivity contribution is 0.0699. The maximum atomic E-state index is 13.0. The Morgan fingerprint density at radius 3 is 2.17 bits per heavy atom. The Morgan fingerprint density at radius 1 is 0.917 bits per heavy atom. The molecule has 8 nitrogen and oxygen atoms in total. The van der Waals surface area contributed by atoms with Crippen molar-refractivity contribution >= 4 is 74.1 Å². The minimum absolute atomic E-state index is 0.0257. The Morgan fingerprint density at radius 2 is 1.56 bits per heavy atom. The molecular formula is C26H24Cl2N4O4. The summed E-state index contributed by atoms with van der Waals surface area (Å²) in [5.41, 5.74) is 2.68. The van der Waals surface area contributed by atoms with Crippen molar-refractivity contribution in [2.75, 3.05) is 47.5 Å². The standard InChI is InChI=1S/C26H24Cl2N4O4/c1-36-21-7-3-5-19-22(18-4-2-6-20(25(33)34)23(18)30-24(19)21)31-26(35)29-16-8-10-17(11-9-16)32(14-12-27)15-13-28/h2-11H,12-15H2,1H3,(H,33,34)(H2,29,30,31,35). The number of nitrogens with one attached hydrogen (secondary N) is 2. The number of fused-ring (bicyclic) bond motifs is 2. The van der Waals surface area contributed by atoms with Crippen LogP contribution in [0.2, 0.25) is 0 Å². The average Bonchev–Trinajstić information content (AvgIpc) is 2.88. The quantitative estimate of drug-likeness (QED) is 0.182. The van der Waals surface area contributed by atoms with Crippen molar-refractivity contribution in [3.63, 3.8) is 0 Å². The van der Waals surface area contributed by atoms with Gasteiger partial charge in [-0.3, -0.25) is 0 Å². The molecule has 36 heavy (non-hydrogen) atoms. The van der Waals surface area contributed by atoms with E-state index in [4.69, 9.17) is 27.9 Å². The zero-order valence-corrected chi connectivity index (χ0v) is 20.9. The van der Waals surface area contributed by atoms with Gasteiger partial charge in [0.2, 0.25) is 0 Å². The molecule has 1 aromatic heterocycles. The van der Waals surface area contributed by atoms with E-state index >= 15 is 0 Å². The molecule has 186 valence electrons. The van der Waals surface area contributed by atoms with Crippen LogP contribution in [-0.4, -0.2) is 54.1 Å². The third kappa shape index (κ3) is 5.24. The number of nitrogens with zero attached hydrogens (tertiary/aromatic N) is 2. The smallest absolute Gasteiger partial charge is 0.337 e. The highest BCUT2D eigenvalue weighted by Crippen LogP contribution is 2.36. The molecule has 3 aromatic carbocycles. The van der Waals surface area contributed by atoms with Crippen molar-refractivity contribution < 1.29 is 19.4 Å². The third-order valence-corrected chi connectivity index (χ3v) is 6.02. The summed E-state index contributed by atoms with van der Waals surface area (Å²) in [6.45, 7) is 1.32. The van der Waals surface area contributed by atoms with Crippen LogP contribution in [0.3, 0.4) is 0 Å². The van der Waals surface area contributed by atoms with Crippen LogP contribution in [-0.2, 0) is 0 Å². The van der Waals surface area contributed by atoms with Gasteiger partial charge in [0, 0.05) is 47.0 Å². The van der Waals surface area contributed by atoms with Crippen LogP contribution in [0.15, 0.2) is 60.7 Å². The predicted molar refractivity (Wildman–Crippen MR) is 145 cm³/mol. The van der Waals surface area contributed by atoms with Gasteiger partial charge in [-0.2, -0.15) is 0 Å². The lowest BCUT2D eigenvalue weighted by Gasteiger charge is -2.23. The van der Waals surface area contributed by atoms with Crippen LogP contribution in [0, 0.1) is 0 Å². The van der Waals surface area contributed by atoms with Crippen molar-refractivity contribution in [2.24, 2.45) is 0 Å². The lowest BCUT2D eigenvalue weighted by atomic mass is 10.0. The number of carboxylic acids is 1. The van der Waals surface area contributed by atoms with Gasteiger partial charge in [0.15, 0.2) is 0 Å². The monoisotopic (exact) mass is 526 g/mol. The zero-order chi connectivity index (χ0) is 25.7. The summed E-state index contributed by atoms with van der Waals surface area (Å²) in [7, 11) is 1.51. The number of ether oxygens (including phenoxy) is 1. The maximum Gasteiger partial charge on any atom is 0.337 e. The number of carboxylic acid groups (broad SMARTS) is 1. The molecule has 3 N–H and O–H groups in total. The van der Waals surface area contributed by atoms with Crippen LogP contribution < -0.4 is 20.3 Å². The van der Waals surface area contributed by atoms with E-state index in [1.807, 2.05) is 12.1 Å². The predicted octanol–water partition coefficient (Wildman–Crippen LogP) is 6.02. The summed E-state index contributed by atoms with van der Waals surface area (Å²) in [6.07, 6.45) is 0. The Balaban J connectivity index is 1.68. The summed E-state index contributed by atoms with van der Waals surface area (Å²) in [4.78, 5) is 31.5. The molecule has 0 saturated carbocycles. The van der Waals surface area contributed by atoms with E-state index in [-0.39, 0.29) is 11.1 Å². The van der Waals surface area contributed by atoms with Gasteiger partial charge in [0.05, 0.1) is 23.9 Å². The molecule has 0 radical (unpaired) electrons. The van der Waals surface area contributed by atoms with Crippen LogP contribution in [0.5, 0.6) is 5.75 Å². The van der Waals surface area contributed by atoms with Crippen LogP contribution in [0.4, 0.5) is 21.9 Å². The molecule has 0 aliphatic carbocycles. The Kier molecular flexibility index (Phi) is 7.97. The molecule has 0 aliphatic heterocycles. The van der Waals surface area contributed by atoms with Crippen molar-refractivity contribution in [2.45, 2.75) is 0 Å². The number of pyridine rings is 1. The molecule has 0 fully saturated rings. The van der Waals surface area contributed by atoms with Gasteiger partial charge in [-0.1, -0.05) is 24.3 Å². The highest BCUT2D eigenvalue weighted by molar-refractivity contribution is 6.19. The third-order valence-electron chi connectivity index (χ3n) is 5.69. The SMILES string of the molecule is COc1cccc2c(NC(=O)Nc3ccc(N(CCCl)CCCl)cc3)c3cccc(C(=O)O)c3nc12. The van der Waals surface area contributed by atoms with E-state index in [0.717, 1.165) is 5.69 Å². The fourth-order valence-corrected chi connectivity index (χ4v) is 4.45. The summed E-state index contributed by atoms with van der Waals surface area (Å²) >= 11 is 11.8. The molecular weight excluding hydrogens is 503 g/mol. The Bertz CT molecular complexity index is 1410. The summed E-state index contributed by atoms with van der Waals surface area (Å²) in [6, 6.07) is 17.0. The van der Waals surface area contributed by atoms with Gasteiger partial charge in [0.1, 0.15) is 11.3 Å². The topological polar surface area (TPSA) is 104 Å². The minimum Gasteiger partial charge on any atom is -0.494 e. The number of halogens is 2. The number of hydrogen-bond acceptors (Lipinski definition) is 5. The van der Waals surface area contributed by atoms with Gasteiger partial charge in [-0.05, 0) is 36.4 Å². The highest BCUT2D eigenvalue weighted by atomic mass is 35.5. The highest BCUT2D eigenvalue weighted by Gasteiger charge is 2.19. The first kappa shape index (κ1) is 25.3. The number of amides is 2. The molecule has 0 aliphatic rings. The van der Waals surface area contributed by atoms with Crippen molar-refractivity contribution in [1.29, 1.82) is 0 Å². The number of para-hydroxylation sites is 2. The number of anilines is 3. The van der Waals surface area contributed by atoms with Gasteiger partial charge in [-0.15, -0.1) is 23.2 Å². The number of benzene rings is 3. The number of methoxy groups -OCH3 is 1. The van der Waals surface area contributed by atoms with E-state index in [9.17, 15) is 14.7 Å². The van der Waals surface area contributed by atoms with E-state index in [2.05, 4.69) is 20.5 Å². The molecule has 2 amide bonds. The second-order valence-corrected chi connectivity index (χ2v) is 8.60. The molecule has 10 heteroatoms. The van der Waals surface area contributed by atoms with Crippen molar-refractivity contribution in [1.82, 2.24) is 4.98 Å². The fraction of sp³-hybridized carbons (Fsp3) is 0.192. The molecule has 0 saturated heterocycles. The number of aromatic nitrogens is 1. The second-order valence-electron chi connectivity index (χ2n) is 7.84. The number of carbonyl (C=O) groups excluding carboxylic acids is 1. The summed E-state index contributed by atoms with van der Waals surface area (Å²) in [5.74, 6) is 0.297. The molecule has 1 heterocycles. The summed E-state index contributed by atoms with van der Waals surface area (Å²) in [5, 5.41) is 16.5. The van der Waals surface area contributed by atoms with E-state index in [0.29, 0.717) is 58.3 Å². The minimum atomic E-state index is -1.12. The maximum absolute atomic E-state index is 13.0. The molecule has 0 atom stereocenters. The zero-order valence-electron chi connectivity index (χ0n) is 19.4.